The molecule has 0 aliphatic carbocycles. The second-order valence-corrected chi connectivity index (χ2v) is 7.86. The Kier molecular flexibility index (Phi) is 6.15. The molecule has 6 heteroatoms. The fraction of sp³-hybridized carbons (Fsp3) is 0.125. The van der Waals surface area contributed by atoms with E-state index in [9.17, 15) is 4.79 Å². The summed E-state index contributed by atoms with van der Waals surface area (Å²) in [4.78, 5) is 22.2. The Morgan fingerprint density at radius 2 is 1.87 bits per heavy atom. The molecule has 30 heavy (non-hydrogen) atoms. The van der Waals surface area contributed by atoms with Gasteiger partial charge in [-0.25, -0.2) is 4.98 Å². The lowest BCUT2D eigenvalue weighted by atomic mass is 10.2. The van der Waals surface area contributed by atoms with Gasteiger partial charge in [0, 0.05) is 24.4 Å². The van der Waals surface area contributed by atoms with Crippen LogP contribution >= 0.6 is 11.3 Å². The van der Waals surface area contributed by atoms with Crippen molar-refractivity contribution in [1.82, 2.24) is 9.97 Å². The van der Waals surface area contributed by atoms with Crippen LogP contribution in [0.1, 0.15) is 31.6 Å². The standard InChI is InChI=1S/C24H21N3O2S/c1-17-23(30-22(26-17)14-18-8-3-2-4-9-18)24(28)27-19-11-7-12-21(15-19)29-16-20-10-5-6-13-25-20/h2-13,15H,14,16H2,1H3,(H,27,28). The molecule has 0 fully saturated rings. The van der Waals surface area contributed by atoms with Gasteiger partial charge in [0.15, 0.2) is 0 Å². The molecule has 1 N–H and O–H groups in total. The van der Waals surface area contributed by atoms with Crippen molar-refractivity contribution in [3.05, 3.63) is 106 Å². The van der Waals surface area contributed by atoms with Gasteiger partial charge >= 0.3 is 0 Å². The zero-order valence-electron chi connectivity index (χ0n) is 16.5. The number of carbonyl (C=O) groups is 1. The van der Waals surface area contributed by atoms with E-state index in [4.69, 9.17) is 4.74 Å². The fourth-order valence-corrected chi connectivity index (χ4v) is 4.00. The van der Waals surface area contributed by atoms with Gasteiger partial charge in [0.05, 0.1) is 16.4 Å². The van der Waals surface area contributed by atoms with Gasteiger partial charge in [-0.1, -0.05) is 42.5 Å². The van der Waals surface area contributed by atoms with Gasteiger partial charge in [-0.05, 0) is 36.8 Å². The number of aryl methyl sites for hydroxylation is 1. The van der Waals surface area contributed by atoms with Crippen LogP contribution in [0.4, 0.5) is 5.69 Å². The van der Waals surface area contributed by atoms with Crippen molar-refractivity contribution in [2.75, 3.05) is 5.32 Å². The summed E-state index contributed by atoms with van der Waals surface area (Å²) in [5.74, 6) is 0.510. The first-order chi connectivity index (χ1) is 14.7. The molecular weight excluding hydrogens is 394 g/mol. The van der Waals surface area contributed by atoms with Crippen LogP contribution in [0.5, 0.6) is 5.75 Å². The summed E-state index contributed by atoms with van der Waals surface area (Å²) in [7, 11) is 0. The summed E-state index contributed by atoms with van der Waals surface area (Å²) < 4.78 is 5.79. The van der Waals surface area contributed by atoms with Crippen LogP contribution in [-0.2, 0) is 13.0 Å². The van der Waals surface area contributed by atoms with Crippen molar-refractivity contribution in [3.8, 4) is 5.75 Å². The minimum absolute atomic E-state index is 0.161. The van der Waals surface area contributed by atoms with Crippen LogP contribution in [-0.4, -0.2) is 15.9 Å². The minimum Gasteiger partial charge on any atom is -0.487 e. The highest BCUT2D eigenvalue weighted by Crippen LogP contribution is 2.24. The molecule has 5 nitrogen and oxygen atoms in total. The van der Waals surface area contributed by atoms with E-state index in [-0.39, 0.29) is 5.91 Å². The summed E-state index contributed by atoms with van der Waals surface area (Å²) in [5.41, 5.74) is 3.44. The molecule has 4 rings (SSSR count). The first-order valence-corrected chi connectivity index (χ1v) is 10.4. The molecule has 0 saturated heterocycles. The molecular formula is C24H21N3O2S. The molecule has 0 unspecified atom stereocenters. The number of ether oxygens (including phenoxy) is 1. The van der Waals surface area contributed by atoms with E-state index in [1.54, 1.807) is 6.20 Å². The van der Waals surface area contributed by atoms with Crippen LogP contribution in [0.2, 0.25) is 0 Å². The minimum atomic E-state index is -0.161. The average molecular weight is 416 g/mol. The number of amides is 1. The number of benzene rings is 2. The van der Waals surface area contributed by atoms with Gasteiger partial charge in [-0.15, -0.1) is 11.3 Å². The third-order valence-electron chi connectivity index (χ3n) is 4.45. The highest BCUT2D eigenvalue weighted by Gasteiger charge is 2.16. The Hall–Kier alpha value is -3.51. The lowest BCUT2D eigenvalue weighted by molar-refractivity contribution is 0.103. The summed E-state index contributed by atoms with van der Waals surface area (Å²) >= 11 is 1.43. The molecule has 0 radical (unpaired) electrons. The molecule has 0 aliphatic rings. The quantitative estimate of drug-likeness (QED) is 0.447. The maximum atomic E-state index is 12.8. The maximum absolute atomic E-state index is 12.8. The number of nitrogens with one attached hydrogen (secondary N) is 1. The van der Waals surface area contributed by atoms with Crippen molar-refractivity contribution >= 4 is 22.9 Å². The third kappa shape index (κ3) is 5.10. The van der Waals surface area contributed by atoms with E-state index >= 15 is 0 Å². The smallest absolute Gasteiger partial charge is 0.267 e. The van der Waals surface area contributed by atoms with Crippen LogP contribution in [0.3, 0.4) is 0 Å². The molecule has 1 amide bonds. The molecule has 4 aromatic rings. The number of pyridine rings is 1. The lowest BCUT2D eigenvalue weighted by Crippen LogP contribution is -2.11. The number of aromatic nitrogens is 2. The maximum Gasteiger partial charge on any atom is 0.267 e. The van der Waals surface area contributed by atoms with E-state index in [1.165, 1.54) is 16.9 Å². The number of thiazole rings is 1. The molecule has 2 heterocycles. The number of carbonyl (C=O) groups excluding carboxylic acids is 1. The van der Waals surface area contributed by atoms with Gasteiger partial charge in [-0.2, -0.15) is 0 Å². The number of rotatable bonds is 7. The predicted octanol–water partition coefficient (Wildman–Crippen LogP) is 5.27. The molecule has 2 aromatic heterocycles. The van der Waals surface area contributed by atoms with Crippen molar-refractivity contribution in [2.45, 2.75) is 20.0 Å². The Balaban J connectivity index is 1.41. The van der Waals surface area contributed by atoms with E-state index in [0.29, 0.717) is 22.9 Å². The number of hydrogen-bond acceptors (Lipinski definition) is 5. The molecule has 0 bridgehead atoms. The Morgan fingerprint density at radius 3 is 2.67 bits per heavy atom. The topological polar surface area (TPSA) is 64.1 Å². The monoisotopic (exact) mass is 415 g/mol. The number of hydrogen-bond donors (Lipinski definition) is 1. The normalized spacial score (nSPS) is 10.6. The van der Waals surface area contributed by atoms with E-state index in [1.807, 2.05) is 67.6 Å². The average Bonchev–Trinajstić information content (AvgIpc) is 3.14. The van der Waals surface area contributed by atoms with E-state index in [0.717, 1.165) is 22.8 Å². The van der Waals surface area contributed by atoms with Gasteiger partial charge in [0.25, 0.3) is 5.91 Å². The first-order valence-electron chi connectivity index (χ1n) is 9.62. The van der Waals surface area contributed by atoms with Crippen molar-refractivity contribution in [1.29, 1.82) is 0 Å². The van der Waals surface area contributed by atoms with Crippen LogP contribution in [0, 0.1) is 6.92 Å². The third-order valence-corrected chi connectivity index (χ3v) is 5.61. The Morgan fingerprint density at radius 1 is 1.03 bits per heavy atom. The van der Waals surface area contributed by atoms with E-state index in [2.05, 4.69) is 27.4 Å². The summed E-state index contributed by atoms with van der Waals surface area (Å²) in [5, 5.41) is 3.88. The van der Waals surface area contributed by atoms with Gasteiger partial charge in [-0.3, -0.25) is 9.78 Å². The zero-order valence-corrected chi connectivity index (χ0v) is 17.4. The fourth-order valence-electron chi connectivity index (χ4n) is 3.00. The SMILES string of the molecule is Cc1nc(Cc2ccccc2)sc1C(=O)Nc1cccc(OCc2ccccn2)c1. The first kappa shape index (κ1) is 19.8. The van der Waals surface area contributed by atoms with Gasteiger partial charge < -0.3 is 10.1 Å². The predicted molar refractivity (Wildman–Crippen MR) is 119 cm³/mol. The summed E-state index contributed by atoms with van der Waals surface area (Å²) in [6, 6.07) is 23.2. The van der Waals surface area contributed by atoms with E-state index < -0.39 is 0 Å². The second kappa shape index (κ2) is 9.33. The summed E-state index contributed by atoms with van der Waals surface area (Å²) in [6.45, 7) is 2.24. The molecule has 0 spiro atoms. The van der Waals surface area contributed by atoms with Crippen LogP contribution in [0.25, 0.3) is 0 Å². The second-order valence-electron chi connectivity index (χ2n) is 6.78. The zero-order chi connectivity index (χ0) is 20.8. The molecule has 150 valence electrons. The Labute approximate surface area is 179 Å². The largest absolute Gasteiger partial charge is 0.487 e. The molecule has 0 aliphatic heterocycles. The van der Waals surface area contributed by atoms with Crippen molar-refractivity contribution in [2.24, 2.45) is 0 Å². The lowest BCUT2D eigenvalue weighted by Gasteiger charge is -2.08. The highest BCUT2D eigenvalue weighted by atomic mass is 32.1. The molecule has 2 aromatic carbocycles. The summed E-state index contributed by atoms with van der Waals surface area (Å²) in [6.07, 6.45) is 2.45. The van der Waals surface area contributed by atoms with Gasteiger partial charge in [0.1, 0.15) is 17.2 Å². The molecule has 0 atom stereocenters. The van der Waals surface area contributed by atoms with Crippen LogP contribution in [0.15, 0.2) is 79.0 Å². The van der Waals surface area contributed by atoms with Crippen LogP contribution < -0.4 is 10.1 Å². The number of nitrogens with zero attached hydrogens (tertiary/aromatic N) is 2. The Bertz CT molecular complexity index is 1130. The number of anilines is 1. The van der Waals surface area contributed by atoms with Gasteiger partial charge in [0.2, 0.25) is 0 Å². The molecule has 0 saturated carbocycles. The van der Waals surface area contributed by atoms with Crippen molar-refractivity contribution < 1.29 is 9.53 Å². The van der Waals surface area contributed by atoms with Crippen molar-refractivity contribution in [3.63, 3.8) is 0 Å². The highest BCUT2D eigenvalue weighted by molar-refractivity contribution is 7.14.